The van der Waals surface area contributed by atoms with Crippen molar-refractivity contribution in [3.05, 3.63) is 29.3 Å². The van der Waals surface area contributed by atoms with Crippen LogP contribution in [0.15, 0.2) is 18.2 Å². The maximum atomic E-state index is 10.9. The molecule has 17 heavy (non-hydrogen) atoms. The largest absolute Gasteiger partial charge is 0.508 e. The first-order valence-corrected chi connectivity index (χ1v) is 5.63. The lowest BCUT2D eigenvalue weighted by Crippen LogP contribution is -2.40. The summed E-state index contributed by atoms with van der Waals surface area (Å²) in [5.74, 6) is -0.557. The van der Waals surface area contributed by atoms with Crippen molar-refractivity contribution in [1.82, 2.24) is 0 Å². The maximum Gasteiger partial charge on any atom is 0.306 e. The molecule has 0 amide bonds. The summed E-state index contributed by atoms with van der Waals surface area (Å²) in [5, 5.41) is 18.7. The van der Waals surface area contributed by atoms with Gasteiger partial charge in [-0.3, -0.25) is 4.79 Å². The highest BCUT2D eigenvalue weighted by Crippen LogP contribution is 2.37. The number of phenolic OH excluding ortho intramolecular Hbond substituents is 1. The number of methoxy groups -OCH3 is 1. The molecule has 0 saturated carbocycles. The molecular formula is C13H16O4. The van der Waals surface area contributed by atoms with Gasteiger partial charge in [0, 0.05) is 13.5 Å². The number of phenols is 1. The van der Waals surface area contributed by atoms with E-state index < -0.39 is 11.6 Å². The minimum Gasteiger partial charge on any atom is -0.508 e. The smallest absolute Gasteiger partial charge is 0.306 e. The summed E-state index contributed by atoms with van der Waals surface area (Å²) in [4.78, 5) is 10.9. The van der Waals surface area contributed by atoms with Crippen LogP contribution in [0.5, 0.6) is 5.75 Å². The third-order valence-corrected chi connectivity index (χ3v) is 3.50. The van der Waals surface area contributed by atoms with Crippen LogP contribution >= 0.6 is 0 Å². The molecule has 0 heterocycles. The van der Waals surface area contributed by atoms with E-state index in [9.17, 15) is 9.90 Å². The lowest BCUT2D eigenvalue weighted by molar-refractivity contribution is -0.144. The summed E-state index contributed by atoms with van der Waals surface area (Å²) < 4.78 is 5.42. The van der Waals surface area contributed by atoms with E-state index in [0.29, 0.717) is 25.0 Å². The number of carboxylic acids is 1. The predicted molar refractivity (Wildman–Crippen MR) is 62.1 cm³/mol. The third kappa shape index (κ3) is 2.26. The lowest BCUT2D eigenvalue weighted by atomic mass is 9.78. The number of benzene rings is 1. The topological polar surface area (TPSA) is 66.8 Å². The van der Waals surface area contributed by atoms with Crippen LogP contribution in [-0.4, -0.2) is 28.9 Å². The summed E-state index contributed by atoms with van der Waals surface area (Å²) >= 11 is 0. The molecular weight excluding hydrogens is 220 g/mol. The van der Waals surface area contributed by atoms with Crippen molar-refractivity contribution in [2.45, 2.75) is 31.3 Å². The van der Waals surface area contributed by atoms with Crippen LogP contribution in [0.25, 0.3) is 0 Å². The Morgan fingerprint density at radius 3 is 2.94 bits per heavy atom. The lowest BCUT2D eigenvalue weighted by Gasteiger charge is -2.36. The SMILES string of the molecule is COC1(CC(=O)O)CCc2c(O)cccc2C1. The van der Waals surface area contributed by atoms with Gasteiger partial charge in [0.1, 0.15) is 5.75 Å². The van der Waals surface area contributed by atoms with Gasteiger partial charge in [-0.15, -0.1) is 0 Å². The number of rotatable bonds is 3. The number of fused-ring (bicyclic) bond motifs is 1. The van der Waals surface area contributed by atoms with E-state index >= 15 is 0 Å². The number of carbonyl (C=O) groups is 1. The van der Waals surface area contributed by atoms with Crippen molar-refractivity contribution in [3.8, 4) is 5.75 Å². The highest BCUT2D eigenvalue weighted by Gasteiger charge is 2.37. The molecule has 92 valence electrons. The van der Waals surface area contributed by atoms with Crippen molar-refractivity contribution >= 4 is 5.97 Å². The highest BCUT2D eigenvalue weighted by molar-refractivity contribution is 5.68. The molecule has 2 rings (SSSR count). The minimum atomic E-state index is -0.851. The molecule has 0 saturated heterocycles. The molecule has 1 atom stereocenters. The average Bonchev–Trinajstić information content (AvgIpc) is 2.28. The van der Waals surface area contributed by atoms with E-state index in [-0.39, 0.29) is 6.42 Å². The first-order valence-electron chi connectivity index (χ1n) is 5.63. The van der Waals surface area contributed by atoms with Gasteiger partial charge >= 0.3 is 5.97 Å². The van der Waals surface area contributed by atoms with Crippen LogP contribution in [0, 0.1) is 0 Å². The Morgan fingerprint density at radius 1 is 1.53 bits per heavy atom. The Kier molecular flexibility index (Phi) is 3.07. The van der Waals surface area contributed by atoms with Gasteiger partial charge in [-0.25, -0.2) is 0 Å². The van der Waals surface area contributed by atoms with Crippen molar-refractivity contribution in [2.24, 2.45) is 0 Å². The van der Waals surface area contributed by atoms with Crippen LogP contribution < -0.4 is 0 Å². The fourth-order valence-corrected chi connectivity index (χ4v) is 2.54. The van der Waals surface area contributed by atoms with Gasteiger partial charge < -0.3 is 14.9 Å². The zero-order chi connectivity index (χ0) is 12.5. The molecule has 4 nitrogen and oxygen atoms in total. The molecule has 1 aromatic carbocycles. The van der Waals surface area contributed by atoms with E-state index in [0.717, 1.165) is 11.1 Å². The van der Waals surface area contributed by atoms with Crippen molar-refractivity contribution in [2.75, 3.05) is 7.11 Å². The van der Waals surface area contributed by atoms with E-state index in [1.54, 1.807) is 19.2 Å². The Labute approximate surface area is 99.8 Å². The first kappa shape index (κ1) is 11.9. The Balaban J connectivity index is 2.30. The third-order valence-electron chi connectivity index (χ3n) is 3.50. The van der Waals surface area contributed by atoms with Gasteiger partial charge in [0.25, 0.3) is 0 Å². The molecule has 1 aliphatic rings. The summed E-state index contributed by atoms with van der Waals surface area (Å²) in [6, 6.07) is 5.36. The molecule has 4 heteroatoms. The van der Waals surface area contributed by atoms with Crippen molar-refractivity contribution in [1.29, 1.82) is 0 Å². The summed E-state index contributed by atoms with van der Waals surface area (Å²) in [7, 11) is 1.55. The quantitative estimate of drug-likeness (QED) is 0.839. The second-order valence-corrected chi connectivity index (χ2v) is 4.55. The first-order chi connectivity index (χ1) is 8.06. The van der Waals surface area contributed by atoms with Gasteiger partial charge in [-0.05, 0) is 30.0 Å². The zero-order valence-corrected chi connectivity index (χ0v) is 9.77. The Morgan fingerprint density at radius 2 is 2.29 bits per heavy atom. The summed E-state index contributed by atoms with van der Waals surface area (Å²) in [6.45, 7) is 0. The molecule has 2 N–H and O–H groups in total. The zero-order valence-electron chi connectivity index (χ0n) is 9.77. The standard InChI is InChI=1S/C13H16O4/c1-17-13(8-12(15)16)6-5-10-9(7-13)3-2-4-11(10)14/h2-4,14H,5-8H2,1H3,(H,15,16). The average molecular weight is 236 g/mol. The van der Waals surface area contributed by atoms with Crippen molar-refractivity contribution < 1.29 is 19.7 Å². The molecule has 0 bridgehead atoms. The van der Waals surface area contributed by atoms with E-state index in [1.165, 1.54) is 0 Å². The molecule has 0 fully saturated rings. The Bertz CT molecular complexity index is 441. The summed E-state index contributed by atoms with van der Waals surface area (Å²) in [5.41, 5.74) is 1.28. The number of ether oxygens (including phenoxy) is 1. The molecule has 0 aliphatic heterocycles. The number of aliphatic carboxylic acids is 1. The molecule has 0 aromatic heterocycles. The second kappa shape index (κ2) is 4.37. The maximum absolute atomic E-state index is 10.9. The van der Waals surface area contributed by atoms with Gasteiger partial charge in [0.15, 0.2) is 0 Å². The highest BCUT2D eigenvalue weighted by atomic mass is 16.5. The van der Waals surface area contributed by atoms with Crippen LogP contribution in [0.3, 0.4) is 0 Å². The van der Waals surface area contributed by atoms with Gasteiger partial charge in [0.2, 0.25) is 0 Å². The second-order valence-electron chi connectivity index (χ2n) is 4.55. The molecule has 1 aliphatic carbocycles. The molecule has 0 radical (unpaired) electrons. The van der Waals surface area contributed by atoms with E-state index in [1.807, 2.05) is 6.07 Å². The number of aromatic hydroxyl groups is 1. The fourth-order valence-electron chi connectivity index (χ4n) is 2.54. The number of carboxylic acid groups (broad SMARTS) is 1. The number of hydrogen-bond acceptors (Lipinski definition) is 3. The summed E-state index contributed by atoms with van der Waals surface area (Å²) in [6.07, 6.45) is 1.82. The van der Waals surface area contributed by atoms with E-state index in [4.69, 9.17) is 9.84 Å². The molecule has 1 unspecified atom stereocenters. The number of hydrogen-bond donors (Lipinski definition) is 2. The van der Waals surface area contributed by atoms with Gasteiger partial charge in [-0.1, -0.05) is 12.1 Å². The van der Waals surface area contributed by atoms with Crippen molar-refractivity contribution in [3.63, 3.8) is 0 Å². The van der Waals surface area contributed by atoms with Crippen LogP contribution in [0.2, 0.25) is 0 Å². The fraction of sp³-hybridized carbons (Fsp3) is 0.462. The monoisotopic (exact) mass is 236 g/mol. The normalized spacial score (nSPS) is 23.1. The van der Waals surface area contributed by atoms with Crippen LogP contribution in [0.4, 0.5) is 0 Å². The minimum absolute atomic E-state index is 0.00139. The van der Waals surface area contributed by atoms with Gasteiger partial charge in [-0.2, -0.15) is 0 Å². The van der Waals surface area contributed by atoms with Gasteiger partial charge in [0.05, 0.1) is 12.0 Å². The molecule has 1 aromatic rings. The van der Waals surface area contributed by atoms with E-state index in [2.05, 4.69) is 0 Å². The van der Waals surface area contributed by atoms with Crippen LogP contribution in [-0.2, 0) is 22.4 Å². The Hall–Kier alpha value is -1.55. The predicted octanol–water partition coefficient (Wildman–Crippen LogP) is 1.74. The van der Waals surface area contributed by atoms with Crippen LogP contribution in [0.1, 0.15) is 24.0 Å². The molecule has 0 spiro atoms.